The van der Waals surface area contributed by atoms with Gasteiger partial charge in [0.05, 0.1) is 16.6 Å². The van der Waals surface area contributed by atoms with Crippen molar-refractivity contribution in [1.29, 1.82) is 0 Å². The highest BCUT2D eigenvalue weighted by molar-refractivity contribution is 5.91. The number of nitro groups is 1. The minimum Gasteiger partial charge on any atom is -0.454 e. The Kier molecular flexibility index (Phi) is 6.69. The predicted octanol–water partition coefficient (Wildman–Crippen LogP) is 3.11. The van der Waals surface area contributed by atoms with E-state index in [9.17, 15) is 19.7 Å². The molecule has 1 N–H and O–H groups in total. The maximum atomic E-state index is 12.3. The van der Waals surface area contributed by atoms with E-state index < -0.39 is 17.0 Å². The predicted molar refractivity (Wildman–Crippen MR) is 103 cm³/mol. The molecule has 0 radical (unpaired) electrons. The van der Waals surface area contributed by atoms with Gasteiger partial charge in [0.2, 0.25) is 6.79 Å². The van der Waals surface area contributed by atoms with Crippen LogP contribution in [-0.4, -0.2) is 35.7 Å². The van der Waals surface area contributed by atoms with Crippen LogP contribution in [0.25, 0.3) is 6.08 Å². The van der Waals surface area contributed by atoms with Gasteiger partial charge >= 0.3 is 5.97 Å². The number of nitrogens with one attached hydrogen (secondary N) is 1. The molecule has 9 nitrogen and oxygen atoms in total. The first-order valence-electron chi connectivity index (χ1n) is 9.71. The number of benzene rings is 1. The topological polar surface area (TPSA) is 117 Å². The molecule has 1 aromatic carbocycles. The maximum Gasteiger partial charge on any atom is 0.331 e. The van der Waals surface area contributed by atoms with E-state index in [2.05, 4.69) is 5.32 Å². The van der Waals surface area contributed by atoms with Gasteiger partial charge in [-0.1, -0.05) is 25.7 Å². The summed E-state index contributed by atoms with van der Waals surface area (Å²) in [6.07, 6.45) is 7.73. The Labute approximate surface area is 168 Å². The van der Waals surface area contributed by atoms with E-state index in [1.165, 1.54) is 38.0 Å². The SMILES string of the molecule is C[C@H](OC(=O)/C=C/c1cc2c(cc1[N+](=O)[O-])OCO2)C(=O)NC1CCCCCC1. The second-order valence-corrected chi connectivity index (χ2v) is 7.13. The van der Waals surface area contributed by atoms with Crippen molar-refractivity contribution in [2.45, 2.75) is 57.6 Å². The molecule has 156 valence electrons. The van der Waals surface area contributed by atoms with Crippen LogP contribution < -0.4 is 14.8 Å². The lowest BCUT2D eigenvalue weighted by Gasteiger charge is -2.19. The van der Waals surface area contributed by atoms with E-state index in [0.29, 0.717) is 5.75 Å². The van der Waals surface area contributed by atoms with Crippen molar-refractivity contribution in [2.24, 2.45) is 0 Å². The van der Waals surface area contributed by atoms with Gasteiger partial charge in [0.15, 0.2) is 17.6 Å². The summed E-state index contributed by atoms with van der Waals surface area (Å²) in [7, 11) is 0. The van der Waals surface area contributed by atoms with Crippen molar-refractivity contribution in [3.8, 4) is 11.5 Å². The van der Waals surface area contributed by atoms with E-state index in [1.807, 2.05) is 0 Å². The van der Waals surface area contributed by atoms with E-state index in [-0.39, 0.29) is 35.7 Å². The van der Waals surface area contributed by atoms with Crippen LogP contribution in [0, 0.1) is 10.1 Å². The number of nitrogens with zero attached hydrogens (tertiary/aromatic N) is 1. The van der Waals surface area contributed by atoms with Crippen molar-refractivity contribution in [2.75, 3.05) is 6.79 Å². The molecule has 1 atom stereocenters. The number of hydrogen-bond donors (Lipinski definition) is 1. The summed E-state index contributed by atoms with van der Waals surface area (Å²) in [5.74, 6) is -0.465. The van der Waals surface area contributed by atoms with Crippen molar-refractivity contribution >= 4 is 23.6 Å². The zero-order valence-corrected chi connectivity index (χ0v) is 16.2. The highest BCUT2D eigenvalue weighted by Crippen LogP contribution is 2.38. The number of fused-ring (bicyclic) bond motifs is 1. The number of carbonyl (C=O) groups excluding carboxylic acids is 2. The van der Waals surface area contributed by atoms with Crippen LogP contribution in [-0.2, 0) is 14.3 Å². The van der Waals surface area contributed by atoms with Crippen molar-refractivity contribution in [3.63, 3.8) is 0 Å². The lowest BCUT2D eigenvalue weighted by molar-refractivity contribution is -0.385. The number of carbonyl (C=O) groups is 2. The fourth-order valence-electron chi connectivity index (χ4n) is 3.41. The van der Waals surface area contributed by atoms with Crippen LogP contribution in [0.2, 0.25) is 0 Å². The largest absolute Gasteiger partial charge is 0.454 e. The van der Waals surface area contributed by atoms with E-state index in [1.54, 1.807) is 0 Å². The maximum absolute atomic E-state index is 12.3. The Morgan fingerprint density at radius 1 is 1.21 bits per heavy atom. The summed E-state index contributed by atoms with van der Waals surface area (Å²) >= 11 is 0. The Bertz CT molecular complexity index is 813. The lowest BCUT2D eigenvalue weighted by atomic mass is 10.1. The molecule has 9 heteroatoms. The van der Waals surface area contributed by atoms with Crippen LogP contribution in [0.5, 0.6) is 11.5 Å². The number of hydrogen-bond acceptors (Lipinski definition) is 7. The molecule has 1 aliphatic heterocycles. The fraction of sp³-hybridized carbons (Fsp3) is 0.500. The number of rotatable bonds is 6. The van der Waals surface area contributed by atoms with Gasteiger partial charge in [0, 0.05) is 12.1 Å². The monoisotopic (exact) mass is 404 g/mol. The third-order valence-electron chi connectivity index (χ3n) is 4.98. The highest BCUT2D eigenvalue weighted by atomic mass is 16.7. The molecule has 0 spiro atoms. The summed E-state index contributed by atoms with van der Waals surface area (Å²) in [5, 5.41) is 14.2. The van der Waals surface area contributed by atoms with Gasteiger partial charge < -0.3 is 19.5 Å². The summed E-state index contributed by atoms with van der Waals surface area (Å²) in [4.78, 5) is 35.0. The Balaban J connectivity index is 1.59. The van der Waals surface area contributed by atoms with Gasteiger partial charge in [-0.15, -0.1) is 0 Å². The fourth-order valence-corrected chi connectivity index (χ4v) is 3.41. The van der Waals surface area contributed by atoms with Crippen LogP contribution in [0.4, 0.5) is 5.69 Å². The molecule has 1 amide bonds. The van der Waals surface area contributed by atoms with Crippen molar-refractivity contribution in [3.05, 3.63) is 33.9 Å². The molecule has 1 fully saturated rings. The first-order valence-corrected chi connectivity index (χ1v) is 9.71. The number of nitro benzene ring substituents is 1. The third kappa shape index (κ3) is 5.46. The number of amides is 1. The molecule has 1 aromatic rings. The third-order valence-corrected chi connectivity index (χ3v) is 4.98. The Morgan fingerprint density at radius 3 is 2.52 bits per heavy atom. The first kappa shape index (κ1) is 20.6. The molecule has 3 rings (SSSR count). The van der Waals surface area contributed by atoms with E-state index in [0.717, 1.165) is 31.8 Å². The van der Waals surface area contributed by atoms with Crippen molar-refractivity contribution < 1.29 is 28.7 Å². The normalized spacial score (nSPS) is 17.6. The van der Waals surface area contributed by atoms with Gasteiger partial charge in [-0.3, -0.25) is 14.9 Å². The Hall–Kier alpha value is -3.10. The van der Waals surface area contributed by atoms with Gasteiger partial charge in [-0.05, 0) is 31.9 Å². The summed E-state index contributed by atoms with van der Waals surface area (Å²) < 4.78 is 15.5. The molecule has 1 heterocycles. The van der Waals surface area contributed by atoms with Gasteiger partial charge in [-0.25, -0.2) is 4.79 Å². The molecule has 0 aromatic heterocycles. The molecular formula is C20H24N2O7. The zero-order chi connectivity index (χ0) is 20.8. The second kappa shape index (κ2) is 9.40. The van der Waals surface area contributed by atoms with E-state index >= 15 is 0 Å². The van der Waals surface area contributed by atoms with Gasteiger partial charge in [0.1, 0.15) is 0 Å². The average Bonchev–Trinajstić information content (AvgIpc) is 2.99. The summed E-state index contributed by atoms with van der Waals surface area (Å²) in [5.41, 5.74) is -0.0517. The van der Waals surface area contributed by atoms with Crippen LogP contribution in [0.3, 0.4) is 0 Å². The van der Waals surface area contributed by atoms with Crippen LogP contribution >= 0.6 is 0 Å². The molecular weight excluding hydrogens is 380 g/mol. The Morgan fingerprint density at radius 2 is 1.86 bits per heavy atom. The summed E-state index contributed by atoms with van der Waals surface area (Å²) in [6.45, 7) is 1.48. The van der Waals surface area contributed by atoms with E-state index in [4.69, 9.17) is 14.2 Å². The minimum absolute atomic E-state index is 0.0185. The first-order chi connectivity index (χ1) is 13.9. The molecule has 0 bridgehead atoms. The van der Waals surface area contributed by atoms with Crippen molar-refractivity contribution in [1.82, 2.24) is 5.32 Å². The molecule has 1 saturated carbocycles. The molecule has 0 saturated heterocycles. The summed E-state index contributed by atoms with van der Waals surface area (Å²) in [6, 6.07) is 2.78. The lowest BCUT2D eigenvalue weighted by Crippen LogP contribution is -2.41. The highest BCUT2D eigenvalue weighted by Gasteiger charge is 2.23. The number of ether oxygens (including phenoxy) is 3. The smallest absolute Gasteiger partial charge is 0.331 e. The quantitative estimate of drug-likeness (QED) is 0.254. The zero-order valence-electron chi connectivity index (χ0n) is 16.2. The molecule has 0 unspecified atom stereocenters. The minimum atomic E-state index is -0.956. The second-order valence-electron chi connectivity index (χ2n) is 7.13. The van der Waals surface area contributed by atoms with Gasteiger partial charge in [0.25, 0.3) is 11.6 Å². The average molecular weight is 404 g/mol. The standard InChI is InChI=1S/C20H24N2O7/c1-13(20(24)21-15-6-4-2-3-5-7-15)29-19(23)9-8-14-10-17-18(28-12-27-17)11-16(14)22(25)26/h8-11,13,15H,2-7,12H2,1H3,(H,21,24)/b9-8+/t13-/m0/s1. The molecule has 2 aliphatic rings. The van der Waals surface area contributed by atoms with Crippen LogP contribution in [0.15, 0.2) is 18.2 Å². The number of esters is 1. The van der Waals surface area contributed by atoms with Gasteiger partial charge in [-0.2, -0.15) is 0 Å². The van der Waals surface area contributed by atoms with Crippen LogP contribution in [0.1, 0.15) is 51.0 Å². The molecule has 1 aliphatic carbocycles. The molecule has 29 heavy (non-hydrogen) atoms.